The maximum absolute atomic E-state index is 11.7. The lowest BCUT2D eigenvalue weighted by Crippen LogP contribution is -2.48. The van der Waals surface area contributed by atoms with Crippen LogP contribution in [0.25, 0.3) is 0 Å². The lowest BCUT2D eigenvalue weighted by Gasteiger charge is -2.25. The fourth-order valence-corrected chi connectivity index (χ4v) is 1.65. The first kappa shape index (κ1) is 17.9. The van der Waals surface area contributed by atoms with Gasteiger partial charge < -0.3 is 20.9 Å². The van der Waals surface area contributed by atoms with Gasteiger partial charge in [-0.15, -0.1) is 0 Å². The molecular formula is C13H26N2O4. The number of esters is 1. The topological polar surface area (TPSA) is 102 Å². The number of nitrogens with two attached hydrogens (primary N) is 1. The summed E-state index contributed by atoms with van der Waals surface area (Å²) in [6, 6.07) is -0.648. The van der Waals surface area contributed by atoms with E-state index in [9.17, 15) is 14.7 Å². The van der Waals surface area contributed by atoms with E-state index < -0.39 is 18.1 Å². The molecule has 0 heterocycles. The molecule has 0 radical (unpaired) electrons. The molecule has 0 fully saturated rings. The van der Waals surface area contributed by atoms with Crippen molar-refractivity contribution >= 4 is 11.9 Å². The van der Waals surface area contributed by atoms with E-state index in [1.54, 1.807) is 13.8 Å². The number of carbonyl (C=O) groups excluding carboxylic acids is 2. The maximum atomic E-state index is 11.7. The van der Waals surface area contributed by atoms with Crippen molar-refractivity contribution in [1.29, 1.82) is 0 Å². The number of hydrogen-bond donors (Lipinski definition) is 3. The number of aliphatic hydroxyl groups is 1. The summed E-state index contributed by atoms with van der Waals surface area (Å²) in [7, 11) is 0. The van der Waals surface area contributed by atoms with E-state index in [0.717, 1.165) is 0 Å². The van der Waals surface area contributed by atoms with Crippen molar-refractivity contribution in [1.82, 2.24) is 5.32 Å². The first-order chi connectivity index (χ1) is 8.77. The Morgan fingerprint density at radius 3 is 2.26 bits per heavy atom. The van der Waals surface area contributed by atoms with E-state index in [4.69, 9.17) is 10.5 Å². The zero-order valence-electron chi connectivity index (χ0n) is 12.2. The predicted octanol–water partition coefficient (Wildman–Crippen LogP) is 0.179. The summed E-state index contributed by atoms with van der Waals surface area (Å²) in [6.07, 6.45) is -1.00. The highest BCUT2D eigenvalue weighted by Crippen LogP contribution is 2.11. The lowest BCUT2D eigenvalue weighted by molar-refractivity contribution is -0.159. The van der Waals surface area contributed by atoms with Crippen LogP contribution in [0.1, 0.15) is 40.5 Å². The molecule has 0 spiro atoms. The van der Waals surface area contributed by atoms with E-state index in [1.165, 1.54) is 0 Å². The summed E-state index contributed by atoms with van der Waals surface area (Å²) in [6.45, 7) is 7.53. The lowest BCUT2D eigenvalue weighted by atomic mass is 9.99. The van der Waals surface area contributed by atoms with Gasteiger partial charge in [0.15, 0.2) is 6.10 Å². The number of rotatable bonds is 8. The third-order valence-electron chi connectivity index (χ3n) is 2.42. The van der Waals surface area contributed by atoms with Gasteiger partial charge in [-0.2, -0.15) is 0 Å². The number of aliphatic hydroxyl groups excluding tert-OH is 1. The molecule has 19 heavy (non-hydrogen) atoms. The third kappa shape index (κ3) is 7.79. The maximum Gasteiger partial charge on any atom is 0.337 e. The summed E-state index contributed by atoms with van der Waals surface area (Å²) in [5.74, 6) is -0.761. The van der Waals surface area contributed by atoms with Gasteiger partial charge in [0.25, 0.3) is 0 Å². The molecule has 6 heteroatoms. The van der Waals surface area contributed by atoms with Crippen LogP contribution in [0.5, 0.6) is 0 Å². The second-order valence-corrected chi connectivity index (χ2v) is 5.27. The molecule has 0 aliphatic carbocycles. The van der Waals surface area contributed by atoms with Gasteiger partial charge in [0.05, 0.1) is 12.1 Å². The molecule has 0 saturated heterocycles. The molecule has 0 bridgehead atoms. The minimum Gasteiger partial charge on any atom is -0.461 e. The Balaban J connectivity index is 4.63. The molecule has 0 aromatic carbocycles. The quantitative estimate of drug-likeness (QED) is 0.548. The minimum atomic E-state index is -1.36. The van der Waals surface area contributed by atoms with Gasteiger partial charge in [-0.1, -0.05) is 13.8 Å². The summed E-state index contributed by atoms with van der Waals surface area (Å²) in [5.41, 5.74) is 5.29. The molecule has 6 nitrogen and oxygen atoms in total. The number of hydrogen-bond acceptors (Lipinski definition) is 5. The Kier molecular flexibility index (Phi) is 8.34. The first-order valence-corrected chi connectivity index (χ1v) is 6.65. The Labute approximate surface area is 114 Å². The molecule has 112 valence electrons. The summed E-state index contributed by atoms with van der Waals surface area (Å²) >= 11 is 0. The van der Waals surface area contributed by atoms with Crippen molar-refractivity contribution < 1.29 is 19.4 Å². The normalized spacial score (nSPS) is 14.3. The van der Waals surface area contributed by atoms with Crippen molar-refractivity contribution in [2.45, 2.75) is 58.8 Å². The fourth-order valence-electron chi connectivity index (χ4n) is 1.65. The Morgan fingerprint density at radius 1 is 1.26 bits per heavy atom. The van der Waals surface area contributed by atoms with Crippen molar-refractivity contribution in [3.63, 3.8) is 0 Å². The van der Waals surface area contributed by atoms with Gasteiger partial charge in [-0.3, -0.25) is 4.79 Å². The van der Waals surface area contributed by atoms with E-state index in [1.807, 2.05) is 13.8 Å². The van der Waals surface area contributed by atoms with Crippen molar-refractivity contribution in [3.05, 3.63) is 0 Å². The summed E-state index contributed by atoms with van der Waals surface area (Å²) < 4.78 is 4.95. The molecule has 2 atom stereocenters. The van der Waals surface area contributed by atoms with Crippen LogP contribution < -0.4 is 11.1 Å². The van der Waals surface area contributed by atoms with Crippen molar-refractivity contribution in [3.8, 4) is 0 Å². The van der Waals surface area contributed by atoms with Gasteiger partial charge in [0, 0.05) is 13.0 Å². The number of carbonyl (C=O) groups is 2. The molecule has 1 unspecified atom stereocenters. The van der Waals surface area contributed by atoms with Crippen LogP contribution in [0.15, 0.2) is 0 Å². The smallest absolute Gasteiger partial charge is 0.337 e. The Morgan fingerprint density at radius 2 is 1.84 bits per heavy atom. The van der Waals surface area contributed by atoms with E-state index in [2.05, 4.69) is 5.32 Å². The predicted molar refractivity (Wildman–Crippen MR) is 72.3 cm³/mol. The van der Waals surface area contributed by atoms with Crippen molar-refractivity contribution in [2.24, 2.45) is 11.7 Å². The third-order valence-corrected chi connectivity index (χ3v) is 2.42. The zero-order valence-corrected chi connectivity index (χ0v) is 12.2. The number of nitrogens with one attached hydrogen (secondary N) is 1. The molecule has 0 aliphatic heterocycles. The SMILES string of the molecule is CC(C)C[C@H](NC(=O)CCN)C(O)C(=O)OC(C)C. The second kappa shape index (κ2) is 8.87. The average molecular weight is 274 g/mol. The zero-order chi connectivity index (χ0) is 15.0. The largest absolute Gasteiger partial charge is 0.461 e. The Bertz CT molecular complexity index is 292. The van der Waals surface area contributed by atoms with Crippen LogP contribution in [-0.2, 0) is 14.3 Å². The molecule has 0 aromatic rings. The minimum absolute atomic E-state index is 0.167. The van der Waals surface area contributed by atoms with E-state index in [-0.39, 0.29) is 30.9 Å². The van der Waals surface area contributed by atoms with Gasteiger partial charge >= 0.3 is 5.97 Å². The standard InChI is InChI=1S/C13H26N2O4/c1-8(2)7-10(15-11(16)5-6-14)12(17)13(18)19-9(3)4/h8-10,12,17H,5-7,14H2,1-4H3,(H,15,16)/t10-,12?/m0/s1. The van der Waals surface area contributed by atoms with Crippen LogP contribution in [0.2, 0.25) is 0 Å². The molecule has 4 N–H and O–H groups in total. The highest BCUT2D eigenvalue weighted by atomic mass is 16.6. The van der Waals surface area contributed by atoms with Crippen molar-refractivity contribution in [2.75, 3.05) is 6.54 Å². The molecular weight excluding hydrogens is 248 g/mol. The van der Waals surface area contributed by atoms with Gasteiger partial charge in [0.2, 0.25) is 5.91 Å². The van der Waals surface area contributed by atoms with E-state index in [0.29, 0.717) is 6.42 Å². The summed E-state index contributed by atoms with van der Waals surface area (Å²) in [5, 5.41) is 12.6. The molecule has 0 rings (SSSR count). The van der Waals surface area contributed by atoms with Gasteiger partial charge in [-0.05, 0) is 26.2 Å². The number of amides is 1. The fraction of sp³-hybridized carbons (Fsp3) is 0.846. The van der Waals surface area contributed by atoms with Crippen LogP contribution in [0, 0.1) is 5.92 Å². The highest BCUT2D eigenvalue weighted by molar-refractivity contribution is 5.79. The van der Waals surface area contributed by atoms with Crippen LogP contribution in [-0.4, -0.2) is 41.8 Å². The molecule has 0 saturated carbocycles. The second-order valence-electron chi connectivity index (χ2n) is 5.27. The van der Waals surface area contributed by atoms with E-state index >= 15 is 0 Å². The van der Waals surface area contributed by atoms with Crippen LogP contribution in [0.4, 0.5) is 0 Å². The molecule has 1 amide bonds. The average Bonchev–Trinajstić information content (AvgIpc) is 2.25. The highest BCUT2D eigenvalue weighted by Gasteiger charge is 2.29. The number of ether oxygens (including phenoxy) is 1. The monoisotopic (exact) mass is 274 g/mol. The van der Waals surface area contributed by atoms with Crippen LogP contribution >= 0.6 is 0 Å². The summed E-state index contributed by atoms with van der Waals surface area (Å²) in [4.78, 5) is 23.2. The Hall–Kier alpha value is -1.14. The molecule has 0 aromatic heterocycles. The van der Waals surface area contributed by atoms with Gasteiger partial charge in [0.1, 0.15) is 0 Å². The van der Waals surface area contributed by atoms with Gasteiger partial charge in [-0.25, -0.2) is 4.79 Å². The molecule has 0 aliphatic rings. The van der Waals surface area contributed by atoms with Crippen LogP contribution in [0.3, 0.4) is 0 Å². The first-order valence-electron chi connectivity index (χ1n) is 6.65.